The number of hydrogen-bond donors (Lipinski definition) is 1. The third kappa shape index (κ3) is 7.13. The molecule has 1 saturated carbocycles. The summed E-state index contributed by atoms with van der Waals surface area (Å²) < 4.78 is 13.8. The van der Waals surface area contributed by atoms with Crippen LogP contribution >= 0.6 is 0 Å². The molecule has 5 nitrogen and oxygen atoms in total. The summed E-state index contributed by atoms with van der Waals surface area (Å²) in [4.78, 5) is 21.5. The SMILES string of the molecule is CC(C)N1CCN(C(CN2CCC(C(=O)NC(C)(C)C)(C3CCCCC3)CC2)c2ccc(F)cc2)CC1. The van der Waals surface area contributed by atoms with E-state index >= 15 is 0 Å². The predicted octanol–water partition coefficient (Wildman–Crippen LogP) is 5.47. The van der Waals surface area contributed by atoms with E-state index in [1.54, 1.807) is 12.1 Å². The molecule has 1 atom stereocenters. The van der Waals surface area contributed by atoms with Crippen molar-refractivity contribution >= 4 is 5.91 Å². The summed E-state index contributed by atoms with van der Waals surface area (Å²) in [5.41, 5.74) is 0.758. The number of carbonyl (C=O) groups excluding carboxylic acids is 1. The number of amides is 1. The highest BCUT2D eigenvalue weighted by molar-refractivity contribution is 5.83. The van der Waals surface area contributed by atoms with Crippen LogP contribution in [-0.4, -0.2) is 78.0 Å². The molecule has 1 aromatic carbocycles. The van der Waals surface area contributed by atoms with Crippen molar-refractivity contribution in [1.82, 2.24) is 20.0 Å². The summed E-state index contributed by atoms with van der Waals surface area (Å²) in [5, 5.41) is 3.37. The smallest absolute Gasteiger partial charge is 0.226 e. The topological polar surface area (TPSA) is 38.8 Å². The van der Waals surface area contributed by atoms with Gasteiger partial charge >= 0.3 is 0 Å². The van der Waals surface area contributed by atoms with E-state index in [0.29, 0.717) is 12.0 Å². The number of benzene rings is 1. The van der Waals surface area contributed by atoms with Crippen LogP contribution in [0, 0.1) is 17.2 Å². The van der Waals surface area contributed by atoms with Gasteiger partial charge < -0.3 is 10.2 Å². The molecular weight excluding hydrogens is 463 g/mol. The maximum absolute atomic E-state index is 13.8. The molecule has 208 valence electrons. The molecule has 2 heterocycles. The van der Waals surface area contributed by atoms with Crippen molar-refractivity contribution in [3.05, 3.63) is 35.6 Å². The first-order valence-electron chi connectivity index (χ1n) is 14.9. The van der Waals surface area contributed by atoms with Gasteiger partial charge in [-0.1, -0.05) is 31.4 Å². The van der Waals surface area contributed by atoms with E-state index < -0.39 is 0 Å². The number of rotatable bonds is 7. The highest BCUT2D eigenvalue weighted by Crippen LogP contribution is 2.46. The molecule has 1 unspecified atom stereocenters. The van der Waals surface area contributed by atoms with Crippen LogP contribution in [0.25, 0.3) is 0 Å². The normalized spacial score (nSPS) is 23.8. The lowest BCUT2D eigenvalue weighted by Crippen LogP contribution is -2.57. The van der Waals surface area contributed by atoms with Crippen LogP contribution in [-0.2, 0) is 4.79 Å². The monoisotopic (exact) mass is 514 g/mol. The minimum atomic E-state index is -0.238. The van der Waals surface area contributed by atoms with Gasteiger partial charge in [0.1, 0.15) is 5.82 Å². The number of nitrogens with zero attached hydrogens (tertiary/aromatic N) is 3. The molecule has 1 N–H and O–H groups in total. The van der Waals surface area contributed by atoms with Gasteiger partial charge in [0.05, 0.1) is 5.41 Å². The molecule has 0 aromatic heterocycles. The fourth-order valence-electron chi connectivity index (χ4n) is 7.00. The third-order valence-electron chi connectivity index (χ3n) is 9.28. The Kier molecular flexibility index (Phi) is 9.34. The Bertz CT molecular complexity index is 858. The molecule has 6 heteroatoms. The fourth-order valence-corrected chi connectivity index (χ4v) is 7.00. The van der Waals surface area contributed by atoms with Gasteiger partial charge in [-0.25, -0.2) is 4.39 Å². The largest absolute Gasteiger partial charge is 0.351 e. The molecule has 2 aliphatic heterocycles. The molecule has 1 amide bonds. The van der Waals surface area contributed by atoms with E-state index in [2.05, 4.69) is 54.6 Å². The highest BCUT2D eigenvalue weighted by atomic mass is 19.1. The van der Waals surface area contributed by atoms with E-state index in [0.717, 1.165) is 58.7 Å². The fraction of sp³-hybridized carbons (Fsp3) is 0.774. The molecule has 1 aromatic rings. The Morgan fingerprint density at radius 2 is 1.51 bits per heavy atom. The summed E-state index contributed by atoms with van der Waals surface area (Å²) in [6, 6.07) is 7.98. The number of nitrogens with one attached hydrogen (secondary N) is 1. The van der Waals surface area contributed by atoms with Gasteiger partial charge in [-0.2, -0.15) is 0 Å². The van der Waals surface area contributed by atoms with E-state index in [1.807, 2.05) is 12.1 Å². The standard InChI is InChI=1S/C31H51FN4O/c1-24(2)35-19-21-36(22-20-35)28(25-11-13-27(32)14-12-25)23-34-17-15-31(16-18-34,26-9-7-6-8-10-26)29(37)33-30(3,4)5/h11-14,24,26,28H,6-10,15-23H2,1-5H3,(H,33,37). The van der Waals surface area contributed by atoms with Crippen LogP contribution in [0.2, 0.25) is 0 Å². The number of likely N-dealkylation sites (tertiary alicyclic amines) is 1. The molecule has 1 aliphatic carbocycles. The Morgan fingerprint density at radius 3 is 2.05 bits per heavy atom. The molecule has 0 bridgehead atoms. The Hall–Kier alpha value is -1.50. The van der Waals surface area contributed by atoms with Gasteiger partial charge in [0.2, 0.25) is 5.91 Å². The lowest BCUT2D eigenvalue weighted by Gasteiger charge is -2.49. The van der Waals surface area contributed by atoms with Gasteiger partial charge in [-0.15, -0.1) is 0 Å². The van der Waals surface area contributed by atoms with Crippen LogP contribution in [0.4, 0.5) is 4.39 Å². The number of piperazine rings is 1. The number of halogens is 1. The van der Waals surface area contributed by atoms with Crippen molar-refractivity contribution in [2.45, 2.75) is 97.2 Å². The van der Waals surface area contributed by atoms with Crippen LogP contribution < -0.4 is 5.32 Å². The summed E-state index contributed by atoms with van der Waals surface area (Å²) in [7, 11) is 0. The average molecular weight is 515 g/mol. The zero-order valence-electron chi connectivity index (χ0n) is 24.1. The van der Waals surface area contributed by atoms with Crippen LogP contribution in [0.5, 0.6) is 0 Å². The minimum absolute atomic E-state index is 0.174. The van der Waals surface area contributed by atoms with Crippen molar-refractivity contribution in [2.24, 2.45) is 11.3 Å². The molecule has 2 saturated heterocycles. The first kappa shape index (κ1) is 28.5. The van der Waals surface area contributed by atoms with E-state index in [1.165, 1.54) is 37.7 Å². The average Bonchev–Trinajstić information content (AvgIpc) is 2.88. The molecule has 4 rings (SSSR count). The Morgan fingerprint density at radius 1 is 0.946 bits per heavy atom. The molecule has 3 aliphatic rings. The second kappa shape index (κ2) is 12.1. The van der Waals surface area contributed by atoms with Crippen LogP contribution in [0.15, 0.2) is 24.3 Å². The maximum Gasteiger partial charge on any atom is 0.226 e. The van der Waals surface area contributed by atoms with E-state index in [9.17, 15) is 9.18 Å². The van der Waals surface area contributed by atoms with Crippen LogP contribution in [0.3, 0.4) is 0 Å². The molecule has 0 radical (unpaired) electrons. The number of piperidine rings is 1. The Labute approximate surface area is 225 Å². The Balaban J connectivity index is 1.48. The summed E-state index contributed by atoms with van der Waals surface area (Å²) in [5.74, 6) is 0.612. The van der Waals surface area contributed by atoms with Crippen molar-refractivity contribution < 1.29 is 9.18 Å². The van der Waals surface area contributed by atoms with Crippen molar-refractivity contribution in [2.75, 3.05) is 45.8 Å². The summed E-state index contributed by atoms with van der Waals surface area (Å²) >= 11 is 0. The molecule has 37 heavy (non-hydrogen) atoms. The van der Waals surface area contributed by atoms with Gasteiger partial charge in [0.15, 0.2) is 0 Å². The second-order valence-electron chi connectivity index (χ2n) is 13.2. The second-order valence-corrected chi connectivity index (χ2v) is 13.2. The van der Waals surface area contributed by atoms with Gasteiger partial charge in [0, 0.05) is 50.3 Å². The quantitative estimate of drug-likeness (QED) is 0.524. The van der Waals surface area contributed by atoms with E-state index in [-0.39, 0.29) is 28.7 Å². The van der Waals surface area contributed by atoms with Crippen molar-refractivity contribution in [3.8, 4) is 0 Å². The highest BCUT2D eigenvalue weighted by Gasteiger charge is 2.48. The first-order chi connectivity index (χ1) is 17.6. The van der Waals surface area contributed by atoms with Gasteiger partial charge in [0.25, 0.3) is 0 Å². The number of hydrogen-bond acceptors (Lipinski definition) is 4. The zero-order valence-corrected chi connectivity index (χ0v) is 24.1. The maximum atomic E-state index is 13.8. The minimum Gasteiger partial charge on any atom is -0.351 e. The van der Waals surface area contributed by atoms with Gasteiger partial charge in [-0.05, 0) is 97.0 Å². The lowest BCUT2D eigenvalue weighted by atomic mass is 9.63. The molecule has 0 spiro atoms. The zero-order chi connectivity index (χ0) is 26.6. The van der Waals surface area contributed by atoms with Crippen molar-refractivity contribution in [3.63, 3.8) is 0 Å². The lowest BCUT2D eigenvalue weighted by molar-refractivity contribution is -0.141. The summed E-state index contributed by atoms with van der Waals surface area (Å²) in [6.07, 6.45) is 8.09. The summed E-state index contributed by atoms with van der Waals surface area (Å²) in [6.45, 7) is 17.9. The molecular formula is C31H51FN4O. The van der Waals surface area contributed by atoms with Crippen LogP contribution in [0.1, 0.15) is 91.2 Å². The predicted molar refractivity (Wildman–Crippen MR) is 150 cm³/mol. The number of carbonyl (C=O) groups is 1. The van der Waals surface area contributed by atoms with Crippen molar-refractivity contribution in [1.29, 1.82) is 0 Å². The third-order valence-corrected chi connectivity index (χ3v) is 9.28. The molecule has 3 fully saturated rings. The van der Waals surface area contributed by atoms with E-state index in [4.69, 9.17) is 0 Å². The first-order valence-corrected chi connectivity index (χ1v) is 14.9. The van der Waals surface area contributed by atoms with Gasteiger partial charge in [-0.3, -0.25) is 14.6 Å².